The summed E-state index contributed by atoms with van der Waals surface area (Å²) in [6.45, 7) is 42.9. The number of aliphatic imine (C=N–C) groups is 2. The first-order chi connectivity index (χ1) is 27.3. The van der Waals surface area contributed by atoms with Gasteiger partial charge in [0, 0.05) is 5.02 Å². The van der Waals surface area contributed by atoms with Crippen molar-refractivity contribution in [2.45, 2.75) is 222 Å². The molecule has 4 rings (SSSR count). The van der Waals surface area contributed by atoms with E-state index in [1.165, 1.54) is 0 Å². The van der Waals surface area contributed by atoms with E-state index in [0.717, 1.165) is 5.56 Å². The summed E-state index contributed by atoms with van der Waals surface area (Å²) in [4.78, 5) is 14.2. The van der Waals surface area contributed by atoms with Crippen LogP contribution >= 0.6 is 11.6 Å². The lowest BCUT2D eigenvalue weighted by Gasteiger charge is -2.71. The van der Waals surface area contributed by atoms with Crippen molar-refractivity contribution in [3.63, 3.8) is 0 Å². The molecular weight excluding hydrogens is 810 g/mol. The first-order valence-electron chi connectivity index (χ1n) is 22.8. The second-order valence-electron chi connectivity index (χ2n) is 20.9. The van der Waals surface area contributed by atoms with Gasteiger partial charge in [0.25, 0.3) is 0 Å². The quantitative estimate of drug-likeness (QED) is 0.107. The van der Waals surface area contributed by atoms with Crippen LogP contribution in [0.1, 0.15) is 130 Å². The highest BCUT2D eigenvalue weighted by atomic mass is 35.5. The first kappa shape index (κ1) is 50.5. The Hall–Kier alpha value is -1.14. The normalized spacial score (nSPS) is 28.7. The van der Waals surface area contributed by atoms with Gasteiger partial charge >= 0.3 is 0 Å². The third kappa shape index (κ3) is 7.32. The molecule has 1 fully saturated rings. The summed E-state index contributed by atoms with van der Waals surface area (Å²) in [5, 5.41) is 33.7. The van der Waals surface area contributed by atoms with Crippen LogP contribution in [-0.2, 0) is 15.9 Å². The number of halogens is 1. The van der Waals surface area contributed by atoms with E-state index in [4.69, 9.17) is 36.8 Å². The molecule has 5 unspecified atom stereocenters. The van der Waals surface area contributed by atoms with Crippen molar-refractivity contribution < 1.29 is 24.8 Å². The minimum Gasteiger partial charge on any atom is -0.394 e. The number of nitrogens with two attached hydrogens (primary N) is 1. The minimum absolute atomic E-state index is 0.217. The summed E-state index contributed by atoms with van der Waals surface area (Å²) in [5.74, 6) is 0.525. The summed E-state index contributed by atoms with van der Waals surface area (Å²) in [5.41, 5.74) is 10.0. The van der Waals surface area contributed by atoms with Gasteiger partial charge in [0.1, 0.15) is 59.9 Å². The largest absolute Gasteiger partial charge is 0.394 e. The van der Waals surface area contributed by atoms with E-state index in [9.17, 15) is 15.3 Å². The van der Waals surface area contributed by atoms with Crippen molar-refractivity contribution >= 4 is 48.2 Å². The second kappa shape index (κ2) is 18.5. The topological polar surface area (TPSA) is 136 Å². The zero-order valence-electron chi connectivity index (χ0n) is 40.0. The molecule has 0 aromatic heterocycles. The number of aliphatic hydroxyl groups excluding tert-OH is 3. The Kier molecular flexibility index (Phi) is 15.9. The number of hydrogen-bond acceptors (Lipinski definition) is 10. The molecule has 59 heavy (non-hydrogen) atoms. The van der Waals surface area contributed by atoms with E-state index in [2.05, 4.69) is 146 Å². The molecule has 1 saturated heterocycles. The highest BCUT2D eigenvalue weighted by Gasteiger charge is 2.80. The predicted octanol–water partition coefficient (Wildman–Crippen LogP) is 9.69. The first-order valence-corrected chi connectivity index (χ1v) is 29.8. The van der Waals surface area contributed by atoms with Crippen molar-refractivity contribution in [1.82, 2.24) is 9.47 Å². The Morgan fingerprint density at radius 1 is 0.729 bits per heavy atom. The van der Waals surface area contributed by atoms with Gasteiger partial charge in [0.15, 0.2) is 11.7 Å². The number of fused-ring (bicyclic) bond motifs is 1. The molecule has 3 heterocycles. The maximum Gasteiger partial charge on any atom is 0.196 e. The molecule has 14 heteroatoms. The van der Waals surface area contributed by atoms with E-state index in [-0.39, 0.29) is 49.9 Å². The SMILES string of the molecule is CC(C)[Si](C(C)C)(C(C)C)N1C2N([C@@H]3O[C@H](CO)C(O)C3O)C=NC2([Si](C(C)C)(C(C)C)C(C)C)C(N)=NC1(OCCc1ccc(Cl)cc1)[Si](C(C)C)(C(C)C)C(C)C. The number of hydrogen-bond donors (Lipinski definition) is 4. The van der Waals surface area contributed by atoms with Gasteiger partial charge < -0.3 is 35.4 Å². The van der Waals surface area contributed by atoms with Gasteiger partial charge in [-0.2, -0.15) is 0 Å². The maximum absolute atomic E-state index is 12.1. The molecule has 5 N–H and O–H groups in total. The van der Waals surface area contributed by atoms with E-state index >= 15 is 0 Å². The molecule has 338 valence electrons. The lowest BCUT2D eigenvalue weighted by atomic mass is 10.1. The maximum atomic E-state index is 12.1. The molecule has 0 spiro atoms. The summed E-state index contributed by atoms with van der Waals surface area (Å²) in [6.07, 6.45) is -2.54. The van der Waals surface area contributed by atoms with Crippen molar-refractivity contribution in [2.24, 2.45) is 15.7 Å². The summed E-state index contributed by atoms with van der Waals surface area (Å²) in [7, 11) is -8.71. The van der Waals surface area contributed by atoms with E-state index in [1.807, 2.05) is 18.5 Å². The Bertz CT molecular complexity index is 1560. The molecule has 3 aliphatic rings. The predicted molar refractivity (Wildman–Crippen MR) is 255 cm³/mol. The van der Waals surface area contributed by atoms with Gasteiger partial charge in [-0.3, -0.25) is 9.56 Å². The van der Waals surface area contributed by atoms with Gasteiger partial charge in [0.2, 0.25) is 0 Å². The van der Waals surface area contributed by atoms with Gasteiger partial charge in [0.05, 0.1) is 19.6 Å². The van der Waals surface area contributed by atoms with Gasteiger partial charge in [-0.25, -0.2) is 4.99 Å². The lowest BCUT2D eigenvalue weighted by molar-refractivity contribution is -0.148. The number of benzene rings is 1. The number of aliphatic hydroxyl groups is 3. The smallest absolute Gasteiger partial charge is 0.196 e. The Morgan fingerprint density at radius 2 is 1.19 bits per heavy atom. The zero-order chi connectivity index (χ0) is 45.0. The molecule has 3 aliphatic heterocycles. The molecule has 1 aromatic rings. The van der Waals surface area contributed by atoms with Crippen LogP contribution in [0.3, 0.4) is 0 Å². The Morgan fingerprint density at radius 3 is 1.58 bits per heavy atom. The van der Waals surface area contributed by atoms with Crippen LogP contribution in [0.4, 0.5) is 0 Å². The Labute approximate surface area is 366 Å². The van der Waals surface area contributed by atoms with Crippen LogP contribution in [0.5, 0.6) is 0 Å². The molecule has 0 radical (unpaired) electrons. The van der Waals surface area contributed by atoms with Gasteiger partial charge in [-0.1, -0.05) is 148 Å². The summed E-state index contributed by atoms with van der Waals surface area (Å²) >= 11 is 6.37. The monoisotopic (exact) mass is 894 g/mol. The van der Waals surface area contributed by atoms with Crippen molar-refractivity contribution in [2.75, 3.05) is 13.2 Å². The molecule has 0 aliphatic carbocycles. The second-order valence-corrected chi connectivity index (χ2v) is 39.1. The lowest BCUT2D eigenvalue weighted by Crippen LogP contribution is -2.90. The highest BCUT2D eigenvalue weighted by molar-refractivity contribution is 6.92. The van der Waals surface area contributed by atoms with Crippen LogP contribution < -0.4 is 5.73 Å². The number of amidine groups is 1. The average Bonchev–Trinajstić information content (AvgIpc) is 3.63. The molecule has 0 bridgehead atoms. The molecule has 10 nitrogen and oxygen atoms in total. The zero-order valence-corrected chi connectivity index (χ0v) is 43.7. The van der Waals surface area contributed by atoms with E-state index in [1.54, 1.807) is 0 Å². The molecule has 1 aromatic carbocycles. The average molecular weight is 895 g/mol. The minimum atomic E-state index is -2.94. The molecule has 0 saturated carbocycles. The number of ether oxygens (including phenoxy) is 2. The van der Waals surface area contributed by atoms with E-state index < -0.39 is 72.3 Å². The fraction of sp³-hybridized carbons (Fsp3) is 0.822. The highest BCUT2D eigenvalue weighted by Crippen LogP contribution is 2.64. The third-order valence-corrected chi connectivity index (χ3v) is 38.3. The van der Waals surface area contributed by atoms with Crippen LogP contribution in [0.25, 0.3) is 0 Å². The van der Waals surface area contributed by atoms with Crippen molar-refractivity contribution in [3.8, 4) is 0 Å². The summed E-state index contributed by atoms with van der Waals surface area (Å²) < 4.78 is 17.5. The van der Waals surface area contributed by atoms with Gasteiger partial charge in [-0.15, -0.1) is 0 Å². The van der Waals surface area contributed by atoms with E-state index in [0.29, 0.717) is 23.9 Å². The molecule has 7 atom stereocenters. The van der Waals surface area contributed by atoms with Crippen molar-refractivity contribution in [1.29, 1.82) is 0 Å². The third-order valence-electron chi connectivity index (χ3n) is 15.9. The van der Waals surface area contributed by atoms with Crippen LogP contribution in [-0.4, -0.2) is 116 Å². The van der Waals surface area contributed by atoms with Crippen LogP contribution in [0.2, 0.25) is 54.9 Å². The fourth-order valence-corrected chi connectivity index (χ4v) is 38.7. The molecule has 0 amide bonds. The standard InChI is InChI=1S/C45H84ClN5O5Si3/c1-27(2)57(28(3)4,29(5)6)44-42(47)49-45(58(30(7)8,31(9)10)32(11)12,55-24-23-36-19-21-37(46)22-20-36)51(59(33(13)14,34(15)16)35(17)18)43(44)50(26-48-44)41-40(54)39(53)38(25-52)56-41/h19-22,26-35,38-41,43,52-54H,23-25H2,1-18H3,(H2,47,49)/t38-,39?,40?,41-,43?,44?,45?/m1/s1. The van der Waals surface area contributed by atoms with Crippen LogP contribution in [0, 0.1) is 0 Å². The number of rotatable bonds is 18. The van der Waals surface area contributed by atoms with Gasteiger partial charge in [-0.05, 0) is 74.0 Å². The summed E-state index contributed by atoms with van der Waals surface area (Å²) in [6, 6.07) is 8.04. The molecular formula is C45H84ClN5O5Si3. The van der Waals surface area contributed by atoms with Crippen LogP contribution in [0.15, 0.2) is 34.3 Å². The van der Waals surface area contributed by atoms with Crippen molar-refractivity contribution in [3.05, 3.63) is 34.9 Å². The Balaban J connectivity index is 2.38. The fourth-order valence-electron chi connectivity index (χ4n) is 14.6. The number of nitrogens with zero attached hydrogens (tertiary/aromatic N) is 4.